The molecule has 0 aromatic heterocycles. The fourth-order valence-electron chi connectivity index (χ4n) is 4.94. The topological polar surface area (TPSA) is 108 Å². The van der Waals surface area contributed by atoms with Crippen molar-refractivity contribution in [3.8, 4) is 0 Å². The molecule has 0 saturated carbocycles. The van der Waals surface area contributed by atoms with Crippen LogP contribution in [0, 0.1) is 0 Å². The fourth-order valence-corrected chi connectivity index (χ4v) is 4.94. The second-order valence-electron chi connectivity index (χ2n) is 14.6. The number of allylic oxidation sites excluding steroid dienone is 14. The average molecular weight is 771 g/mol. The molecule has 9 heteroatoms. The van der Waals surface area contributed by atoms with Crippen LogP contribution in [-0.2, 0) is 33.3 Å². The molecule has 55 heavy (non-hydrogen) atoms. The van der Waals surface area contributed by atoms with Gasteiger partial charge in [-0.1, -0.05) is 137 Å². The van der Waals surface area contributed by atoms with Gasteiger partial charge in [0, 0.05) is 12.8 Å². The number of carbonyl (C=O) groups is 3. The van der Waals surface area contributed by atoms with E-state index >= 15 is 0 Å². The van der Waals surface area contributed by atoms with Crippen LogP contribution in [0.1, 0.15) is 129 Å². The van der Waals surface area contributed by atoms with Gasteiger partial charge in [0.25, 0.3) is 6.29 Å². The largest absolute Gasteiger partial charge is 0.477 e. The van der Waals surface area contributed by atoms with Crippen LogP contribution < -0.4 is 0 Å². The molecule has 0 amide bonds. The first kappa shape index (κ1) is 51.5. The maximum Gasteiger partial charge on any atom is 0.361 e. The van der Waals surface area contributed by atoms with Crippen molar-refractivity contribution in [1.82, 2.24) is 0 Å². The first-order valence-electron chi connectivity index (χ1n) is 20.8. The Labute approximate surface area is 334 Å². The minimum atomic E-state index is -1.53. The minimum absolute atomic E-state index is 0.173. The molecule has 0 saturated heterocycles. The number of ether oxygens (including phenoxy) is 4. The Morgan fingerprint density at radius 1 is 0.564 bits per heavy atom. The Morgan fingerprint density at radius 3 is 1.53 bits per heavy atom. The second kappa shape index (κ2) is 37.4. The summed E-state index contributed by atoms with van der Waals surface area (Å²) < 4.78 is 22.5. The number of aliphatic carboxylic acids is 1. The highest BCUT2D eigenvalue weighted by atomic mass is 16.7. The SMILES string of the molecule is CC/C=C\C/C=C\C/C=C\C/C=C\C/C=C\C/C=C\C/C=C\CCCC(=O)OC(COC(=O)CCCCCCCCC)COC(OCC[N+](C)(C)C)C(=O)O. The second-order valence-corrected chi connectivity index (χ2v) is 14.6. The molecule has 0 spiro atoms. The molecule has 0 radical (unpaired) electrons. The number of carbonyl (C=O) groups excluding carboxylic acids is 2. The van der Waals surface area contributed by atoms with Crippen molar-refractivity contribution >= 4 is 17.9 Å². The van der Waals surface area contributed by atoms with E-state index < -0.39 is 24.3 Å². The van der Waals surface area contributed by atoms with Crippen molar-refractivity contribution in [2.24, 2.45) is 0 Å². The molecule has 2 atom stereocenters. The first-order chi connectivity index (χ1) is 26.6. The minimum Gasteiger partial charge on any atom is -0.477 e. The molecular weight excluding hydrogens is 695 g/mol. The molecule has 1 N–H and O–H groups in total. The molecule has 312 valence electrons. The van der Waals surface area contributed by atoms with E-state index in [1.807, 2.05) is 27.2 Å². The van der Waals surface area contributed by atoms with Crippen molar-refractivity contribution in [2.45, 2.75) is 142 Å². The van der Waals surface area contributed by atoms with E-state index in [1.54, 1.807) is 0 Å². The van der Waals surface area contributed by atoms with Crippen LogP contribution in [0.25, 0.3) is 0 Å². The number of quaternary nitrogens is 1. The molecule has 0 fully saturated rings. The quantitative estimate of drug-likeness (QED) is 0.0221. The van der Waals surface area contributed by atoms with Gasteiger partial charge in [0.1, 0.15) is 13.2 Å². The van der Waals surface area contributed by atoms with Gasteiger partial charge in [0.05, 0.1) is 34.4 Å². The molecule has 0 aliphatic rings. The lowest BCUT2D eigenvalue weighted by Gasteiger charge is -2.25. The zero-order valence-corrected chi connectivity index (χ0v) is 35.0. The number of carboxylic acid groups (broad SMARTS) is 1. The number of carboxylic acids is 1. The van der Waals surface area contributed by atoms with Crippen molar-refractivity contribution in [1.29, 1.82) is 0 Å². The Balaban J connectivity index is 4.51. The predicted octanol–water partition coefficient (Wildman–Crippen LogP) is 10.5. The summed E-state index contributed by atoms with van der Waals surface area (Å²) >= 11 is 0. The smallest absolute Gasteiger partial charge is 0.361 e. The lowest BCUT2D eigenvalue weighted by molar-refractivity contribution is -0.870. The van der Waals surface area contributed by atoms with Gasteiger partial charge in [-0.05, 0) is 64.2 Å². The maximum atomic E-state index is 12.7. The van der Waals surface area contributed by atoms with E-state index in [2.05, 4.69) is 92.8 Å². The Hall–Kier alpha value is -3.53. The molecule has 0 aromatic rings. The molecule has 0 rings (SSSR count). The van der Waals surface area contributed by atoms with Crippen LogP contribution in [-0.4, -0.2) is 87.4 Å². The highest BCUT2D eigenvalue weighted by molar-refractivity contribution is 5.71. The van der Waals surface area contributed by atoms with E-state index in [-0.39, 0.29) is 38.6 Å². The van der Waals surface area contributed by atoms with Crippen molar-refractivity contribution < 1.29 is 42.9 Å². The van der Waals surface area contributed by atoms with E-state index in [9.17, 15) is 19.5 Å². The van der Waals surface area contributed by atoms with Gasteiger partial charge in [0.2, 0.25) is 0 Å². The number of unbranched alkanes of at least 4 members (excludes halogenated alkanes) is 7. The van der Waals surface area contributed by atoms with E-state index in [1.165, 1.54) is 25.7 Å². The molecule has 0 aliphatic heterocycles. The zero-order chi connectivity index (χ0) is 40.7. The van der Waals surface area contributed by atoms with Crippen LogP contribution in [0.2, 0.25) is 0 Å². The summed E-state index contributed by atoms with van der Waals surface area (Å²) in [6, 6.07) is 0. The van der Waals surface area contributed by atoms with Crippen molar-refractivity contribution in [3.63, 3.8) is 0 Å². The summed E-state index contributed by atoms with van der Waals surface area (Å²) in [5.74, 6) is -2.11. The normalized spacial score (nSPS) is 13.8. The molecule has 9 nitrogen and oxygen atoms in total. The summed E-state index contributed by atoms with van der Waals surface area (Å²) in [5.41, 5.74) is 0. The summed E-state index contributed by atoms with van der Waals surface area (Å²) in [6.07, 6.45) is 43.9. The summed E-state index contributed by atoms with van der Waals surface area (Å²) in [5, 5.41) is 9.58. The van der Waals surface area contributed by atoms with E-state index in [0.717, 1.165) is 64.2 Å². The van der Waals surface area contributed by atoms with Gasteiger partial charge in [-0.3, -0.25) is 9.59 Å². The van der Waals surface area contributed by atoms with Gasteiger partial charge in [0.15, 0.2) is 6.10 Å². The Morgan fingerprint density at radius 2 is 1.04 bits per heavy atom. The standard InChI is InChI=1S/C46H75NO8/c1-6-8-10-12-14-15-16-17-18-19-20-21-22-23-24-25-26-27-28-29-31-33-35-37-44(49)55-42(40-53-43(48)36-34-32-30-13-11-9-7-2)41-54-46(45(50)51)52-39-38-47(3,4)5/h8,10,14-15,17-18,20-21,23-24,26-27,29,31,42,46H,6-7,9,11-13,16,19,22,25,28,30,32-41H2,1-5H3/p+1/b10-8-,15-14-,18-17-,21-20-,24-23-,27-26-,31-29-. The molecule has 0 heterocycles. The zero-order valence-electron chi connectivity index (χ0n) is 35.0. The third-order valence-electron chi connectivity index (χ3n) is 8.17. The first-order valence-corrected chi connectivity index (χ1v) is 20.8. The van der Waals surface area contributed by atoms with E-state index in [0.29, 0.717) is 23.9 Å². The average Bonchev–Trinajstić information content (AvgIpc) is 3.14. The van der Waals surface area contributed by atoms with Gasteiger partial charge in [-0.2, -0.15) is 0 Å². The van der Waals surface area contributed by atoms with Crippen LogP contribution in [0.15, 0.2) is 85.1 Å². The highest BCUT2D eigenvalue weighted by Crippen LogP contribution is 2.11. The summed E-state index contributed by atoms with van der Waals surface area (Å²) in [6.45, 7) is 4.60. The fraction of sp³-hybridized carbons (Fsp3) is 0.630. The molecule has 2 unspecified atom stereocenters. The molecule has 0 aliphatic carbocycles. The number of rotatable bonds is 36. The third-order valence-corrected chi connectivity index (χ3v) is 8.17. The van der Waals surface area contributed by atoms with Crippen LogP contribution in [0.3, 0.4) is 0 Å². The maximum absolute atomic E-state index is 12.7. The summed E-state index contributed by atoms with van der Waals surface area (Å²) in [4.78, 5) is 36.8. The van der Waals surface area contributed by atoms with Crippen LogP contribution >= 0.6 is 0 Å². The van der Waals surface area contributed by atoms with Gasteiger partial charge in [-0.25, -0.2) is 4.79 Å². The number of likely N-dealkylation sites (N-methyl/N-ethyl adjacent to an activating group) is 1. The number of hydrogen-bond acceptors (Lipinski definition) is 7. The van der Waals surface area contributed by atoms with Gasteiger partial charge in [-0.15, -0.1) is 0 Å². The molecule has 0 aromatic carbocycles. The number of esters is 2. The molecule has 0 bridgehead atoms. The summed E-state index contributed by atoms with van der Waals surface area (Å²) in [7, 11) is 5.91. The lowest BCUT2D eigenvalue weighted by Crippen LogP contribution is -2.40. The van der Waals surface area contributed by atoms with Crippen LogP contribution in [0.4, 0.5) is 0 Å². The van der Waals surface area contributed by atoms with Crippen molar-refractivity contribution in [3.05, 3.63) is 85.1 Å². The third kappa shape index (κ3) is 38.5. The van der Waals surface area contributed by atoms with Crippen LogP contribution in [0.5, 0.6) is 0 Å². The number of nitrogens with zero attached hydrogens (tertiary/aromatic N) is 1. The van der Waals surface area contributed by atoms with E-state index in [4.69, 9.17) is 18.9 Å². The Kier molecular flexibility index (Phi) is 35.0. The Bertz CT molecular complexity index is 1170. The van der Waals surface area contributed by atoms with Gasteiger partial charge >= 0.3 is 17.9 Å². The number of hydrogen-bond donors (Lipinski definition) is 1. The highest BCUT2D eigenvalue weighted by Gasteiger charge is 2.25. The van der Waals surface area contributed by atoms with Crippen molar-refractivity contribution in [2.75, 3.05) is 47.5 Å². The lowest BCUT2D eigenvalue weighted by atomic mass is 10.1. The predicted molar refractivity (Wildman–Crippen MR) is 226 cm³/mol. The van der Waals surface area contributed by atoms with Gasteiger partial charge < -0.3 is 28.5 Å². The molecular formula is C46H76NO8+. The monoisotopic (exact) mass is 771 g/mol.